The lowest BCUT2D eigenvalue weighted by Crippen LogP contribution is -2.48. The number of hydrogen-bond donors (Lipinski definition) is 1. The highest BCUT2D eigenvalue weighted by atomic mass is 19.1. The van der Waals surface area contributed by atoms with E-state index in [0.717, 1.165) is 17.4 Å². The van der Waals surface area contributed by atoms with Crippen LogP contribution in [0.1, 0.15) is 18.4 Å². The largest absolute Gasteiger partial charge is 0.342 e. The van der Waals surface area contributed by atoms with Crippen LogP contribution in [0.4, 0.5) is 16.0 Å². The van der Waals surface area contributed by atoms with Gasteiger partial charge in [-0.1, -0.05) is 18.2 Å². The third-order valence-corrected chi connectivity index (χ3v) is 6.18. The predicted octanol–water partition coefficient (Wildman–Crippen LogP) is 2.47. The fraction of sp³-hybridized carbons (Fsp3) is 0.273. The Bertz CT molecular complexity index is 1210. The molecule has 5 rings (SSSR count). The first-order chi connectivity index (χ1) is 14.5. The molecule has 7 nitrogen and oxygen atoms in total. The molecule has 1 aromatic carbocycles. The highest BCUT2D eigenvalue weighted by Gasteiger charge is 2.48. The van der Waals surface area contributed by atoms with Gasteiger partial charge in [-0.05, 0) is 30.5 Å². The number of nitrogens with one attached hydrogen (secondary N) is 1. The van der Waals surface area contributed by atoms with Crippen LogP contribution in [0.15, 0.2) is 53.6 Å². The number of piperidine rings is 1. The topological polar surface area (TPSA) is 80.1 Å². The predicted molar refractivity (Wildman–Crippen MR) is 111 cm³/mol. The molecule has 152 valence electrons. The monoisotopic (exact) mass is 405 g/mol. The Labute approximate surface area is 172 Å². The van der Waals surface area contributed by atoms with E-state index >= 15 is 0 Å². The summed E-state index contributed by atoms with van der Waals surface area (Å²) < 4.78 is 15.7. The summed E-state index contributed by atoms with van der Waals surface area (Å²) in [5, 5.41) is 2.99. The molecule has 1 saturated heterocycles. The van der Waals surface area contributed by atoms with E-state index in [1.54, 1.807) is 7.05 Å². The summed E-state index contributed by atoms with van der Waals surface area (Å²) in [4.78, 5) is 35.7. The number of rotatable bonds is 2. The molecule has 1 spiro atoms. The number of nitrogens with zero attached hydrogens (tertiary/aromatic N) is 4. The minimum absolute atomic E-state index is 0.0257. The number of fused-ring (bicyclic) bond motifs is 2. The first-order valence-corrected chi connectivity index (χ1v) is 9.83. The van der Waals surface area contributed by atoms with Gasteiger partial charge in [-0.15, -0.1) is 0 Å². The number of carbonyl (C=O) groups excluding carboxylic acids is 1. The Morgan fingerprint density at radius 1 is 1.13 bits per heavy atom. The maximum Gasteiger partial charge on any atom is 0.255 e. The first-order valence-electron chi connectivity index (χ1n) is 9.83. The quantitative estimate of drug-likeness (QED) is 0.709. The molecular formula is C22H20FN5O2. The Hall–Kier alpha value is -3.55. The van der Waals surface area contributed by atoms with Gasteiger partial charge in [-0.25, -0.2) is 9.37 Å². The molecule has 3 aromatic rings. The number of amides is 1. The summed E-state index contributed by atoms with van der Waals surface area (Å²) in [6, 6.07) is 10.6. The molecule has 2 aliphatic heterocycles. The Morgan fingerprint density at radius 3 is 2.67 bits per heavy atom. The zero-order valence-corrected chi connectivity index (χ0v) is 16.4. The molecule has 30 heavy (non-hydrogen) atoms. The van der Waals surface area contributed by atoms with Gasteiger partial charge < -0.3 is 10.2 Å². The summed E-state index contributed by atoms with van der Waals surface area (Å²) in [5.41, 5.74) is 1.59. The van der Waals surface area contributed by atoms with Crippen LogP contribution in [-0.4, -0.2) is 33.5 Å². The molecule has 0 unspecified atom stereocenters. The minimum Gasteiger partial charge on any atom is -0.342 e. The van der Waals surface area contributed by atoms with E-state index in [0.29, 0.717) is 31.9 Å². The molecule has 2 aromatic heterocycles. The number of pyridine rings is 1. The molecule has 0 saturated carbocycles. The van der Waals surface area contributed by atoms with Crippen molar-refractivity contribution >= 4 is 17.5 Å². The van der Waals surface area contributed by atoms with E-state index in [2.05, 4.69) is 15.3 Å². The normalized spacial score (nSPS) is 17.1. The molecule has 1 amide bonds. The number of carbonyl (C=O) groups is 1. The van der Waals surface area contributed by atoms with Gasteiger partial charge in [0.25, 0.3) is 5.56 Å². The molecule has 0 aliphatic carbocycles. The fourth-order valence-corrected chi connectivity index (χ4v) is 4.49. The first kappa shape index (κ1) is 18.5. The second-order valence-corrected chi connectivity index (χ2v) is 7.76. The molecule has 0 atom stereocenters. The highest BCUT2D eigenvalue weighted by molar-refractivity contribution is 6.06. The van der Waals surface area contributed by atoms with Crippen LogP contribution < -0.4 is 15.8 Å². The standard InChI is InChI=1S/C22H20FN5O2/c1-27-19(29)12-18(14-6-9-24-13-16(14)23)26-21(27)28-10-7-22(8-11-28)15-4-2-3-5-17(15)25-20(22)30/h2-6,9,12-13H,7-8,10-11H2,1H3,(H,25,30). The van der Waals surface area contributed by atoms with Crippen LogP contribution in [0.25, 0.3) is 11.3 Å². The van der Waals surface area contributed by atoms with Crippen LogP contribution in [0.3, 0.4) is 0 Å². The Kier molecular flexibility index (Phi) is 4.16. The number of halogens is 1. The summed E-state index contributed by atoms with van der Waals surface area (Å²) in [6.07, 6.45) is 3.80. The van der Waals surface area contributed by atoms with Crippen LogP contribution in [0, 0.1) is 5.82 Å². The van der Waals surface area contributed by atoms with Crippen molar-refractivity contribution in [3.05, 3.63) is 70.5 Å². The van der Waals surface area contributed by atoms with Crippen molar-refractivity contribution in [2.45, 2.75) is 18.3 Å². The summed E-state index contributed by atoms with van der Waals surface area (Å²) in [7, 11) is 1.65. The van der Waals surface area contributed by atoms with Crippen molar-refractivity contribution in [2.75, 3.05) is 23.3 Å². The second-order valence-electron chi connectivity index (χ2n) is 7.76. The number of aromatic nitrogens is 3. The summed E-state index contributed by atoms with van der Waals surface area (Å²) in [6.45, 7) is 1.12. The average molecular weight is 405 g/mol. The zero-order chi connectivity index (χ0) is 20.9. The maximum absolute atomic E-state index is 14.2. The second kappa shape index (κ2) is 6.76. The minimum atomic E-state index is -0.555. The van der Waals surface area contributed by atoms with Crippen molar-refractivity contribution in [2.24, 2.45) is 7.05 Å². The molecule has 8 heteroatoms. The molecule has 0 bridgehead atoms. The van der Waals surface area contributed by atoms with E-state index < -0.39 is 11.2 Å². The average Bonchev–Trinajstić information content (AvgIpc) is 3.02. The van der Waals surface area contributed by atoms with Gasteiger partial charge in [0.05, 0.1) is 17.3 Å². The molecule has 2 aliphatic rings. The molecular weight excluding hydrogens is 385 g/mol. The molecule has 4 heterocycles. The van der Waals surface area contributed by atoms with Gasteiger partial charge in [-0.3, -0.25) is 19.1 Å². The lowest BCUT2D eigenvalue weighted by atomic mass is 9.74. The van der Waals surface area contributed by atoms with Gasteiger partial charge in [0.15, 0.2) is 5.82 Å². The number of para-hydroxylation sites is 1. The van der Waals surface area contributed by atoms with E-state index in [1.807, 2.05) is 29.2 Å². The van der Waals surface area contributed by atoms with Crippen LogP contribution in [0.5, 0.6) is 0 Å². The van der Waals surface area contributed by atoms with Gasteiger partial charge in [-0.2, -0.15) is 0 Å². The molecule has 0 radical (unpaired) electrons. The van der Waals surface area contributed by atoms with Crippen LogP contribution >= 0.6 is 0 Å². The lowest BCUT2D eigenvalue weighted by Gasteiger charge is -2.38. The van der Waals surface area contributed by atoms with E-state index in [1.165, 1.54) is 22.9 Å². The van der Waals surface area contributed by atoms with E-state index in [-0.39, 0.29) is 22.7 Å². The van der Waals surface area contributed by atoms with E-state index in [4.69, 9.17) is 0 Å². The Morgan fingerprint density at radius 2 is 1.90 bits per heavy atom. The van der Waals surface area contributed by atoms with Gasteiger partial charge in [0.1, 0.15) is 0 Å². The van der Waals surface area contributed by atoms with Gasteiger partial charge in [0.2, 0.25) is 11.9 Å². The van der Waals surface area contributed by atoms with Gasteiger partial charge in [0, 0.05) is 43.7 Å². The van der Waals surface area contributed by atoms with Crippen molar-refractivity contribution in [3.63, 3.8) is 0 Å². The SMILES string of the molecule is Cn1c(N2CCC3(CC2)C(=O)Nc2ccccc23)nc(-c2ccncc2F)cc1=O. The molecule has 1 fully saturated rings. The van der Waals surface area contributed by atoms with Crippen molar-refractivity contribution in [1.29, 1.82) is 0 Å². The van der Waals surface area contributed by atoms with Gasteiger partial charge >= 0.3 is 0 Å². The van der Waals surface area contributed by atoms with Crippen molar-refractivity contribution in [1.82, 2.24) is 14.5 Å². The zero-order valence-electron chi connectivity index (χ0n) is 16.4. The third kappa shape index (κ3) is 2.71. The number of hydrogen-bond acceptors (Lipinski definition) is 5. The van der Waals surface area contributed by atoms with Crippen LogP contribution in [-0.2, 0) is 17.3 Å². The molecule has 1 N–H and O–H groups in total. The number of benzene rings is 1. The fourth-order valence-electron chi connectivity index (χ4n) is 4.49. The summed E-state index contributed by atoms with van der Waals surface area (Å²) in [5.74, 6) is -0.0332. The highest BCUT2D eigenvalue weighted by Crippen LogP contribution is 2.45. The van der Waals surface area contributed by atoms with Crippen molar-refractivity contribution < 1.29 is 9.18 Å². The smallest absolute Gasteiger partial charge is 0.255 e. The Balaban J connectivity index is 1.48. The van der Waals surface area contributed by atoms with Crippen LogP contribution in [0.2, 0.25) is 0 Å². The van der Waals surface area contributed by atoms with Crippen molar-refractivity contribution in [3.8, 4) is 11.3 Å². The van der Waals surface area contributed by atoms with E-state index in [9.17, 15) is 14.0 Å². The summed E-state index contributed by atoms with van der Waals surface area (Å²) >= 11 is 0. The lowest BCUT2D eigenvalue weighted by molar-refractivity contribution is -0.121. The third-order valence-electron chi connectivity index (χ3n) is 6.18. The number of anilines is 2. The maximum atomic E-state index is 14.2.